The maximum Gasteiger partial charge on any atom is 0.257 e. The van der Waals surface area contributed by atoms with Gasteiger partial charge in [0.15, 0.2) is 0 Å². The number of carbonyl (C=O) groups excluding carboxylic acids is 1. The third-order valence-corrected chi connectivity index (χ3v) is 3.93. The van der Waals surface area contributed by atoms with E-state index in [-0.39, 0.29) is 18.1 Å². The Balaban J connectivity index is 2.18. The summed E-state index contributed by atoms with van der Waals surface area (Å²) in [5.41, 5.74) is 0.622. The highest BCUT2D eigenvalue weighted by Gasteiger charge is 2.29. The molecule has 1 aliphatic rings. The molecule has 1 aliphatic heterocycles. The van der Waals surface area contributed by atoms with Gasteiger partial charge in [-0.05, 0) is 26.0 Å². The molecule has 2 unspecified atom stereocenters. The zero-order chi connectivity index (χ0) is 14.5. The van der Waals surface area contributed by atoms with Gasteiger partial charge in [0.1, 0.15) is 5.75 Å². The van der Waals surface area contributed by atoms with Gasteiger partial charge >= 0.3 is 0 Å². The Morgan fingerprint density at radius 2 is 2.20 bits per heavy atom. The molecule has 1 heterocycles. The fraction of sp³-hybridized carbons (Fsp3) is 0.533. The first-order chi connectivity index (χ1) is 9.65. The topological polar surface area (TPSA) is 38.8 Å². The third-order valence-electron chi connectivity index (χ3n) is 3.20. The number of nitrogens with zero attached hydrogens (tertiary/aromatic N) is 1. The van der Waals surface area contributed by atoms with Crippen molar-refractivity contribution in [3.8, 4) is 5.75 Å². The minimum absolute atomic E-state index is 0.00940. The molecule has 0 N–H and O–H groups in total. The van der Waals surface area contributed by atoms with E-state index in [0.717, 1.165) is 5.33 Å². The maximum atomic E-state index is 12.7. The number of hydrogen-bond acceptors (Lipinski definition) is 3. The molecule has 0 aliphatic carbocycles. The van der Waals surface area contributed by atoms with E-state index < -0.39 is 0 Å². The summed E-state index contributed by atoms with van der Waals surface area (Å²) >= 11 is 3.42. The average Bonchev–Trinajstić information content (AvgIpc) is 2.46. The van der Waals surface area contributed by atoms with Crippen LogP contribution in [0.4, 0.5) is 0 Å². The molecule has 5 heteroatoms. The van der Waals surface area contributed by atoms with Crippen LogP contribution in [0.25, 0.3) is 0 Å². The van der Waals surface area contributed by atoms with Crippen LogP contribution in [0, 0.1) is 0 Å². The summed E-state index contributed by atoms with van der Waals surface area (Å²) in [6, 6.07) is 7.39. The lowest BCUT2D eigenvalue weighted by Gasteiger charge is -2.36. The highest BCUT2D eigenvalue weighted by atomic mass is 79.9. The summed E-state index contributed by atoms with van der Waals surface area (Å²) in [5, 5.41) is 0.730. The first-order valence-electron chi connectivity index (χ1n) is 6.88. The van der Waals surface area contributed by atoms with Gasteiger partial charge in [-0.2, -0.15) is 0 Å². The van der Waals surface area contributed by atoms with Crippen LogP contribution in [0.15, 0.2) is 24.3 Å². The third kappa shape index (κ3) is 3.52. The Morgan fingerprint density at radius 1 is 1.45 bits per heavy atom. The lowest BCUT2D eigenvalue weighted by molar-refractivity contribution is -0.0560. The van der Waals surface area contributed by atoms with Gasteiger partial charge in [0.2, 0.25) is 0 Å². The van der Waals surface area contributed by atoms with E-state index >= 15 is 0 Å². The van der Waals surface area contributed by atoms with Gasteiger partial charge in [0.05, 0.1) is 24.4 Å². The monoisotopic (exact) mass is 341 g/mol. The molecular formula is C15H20BrNO3. The van der Waals surface area contributed by atoms with Gasteiger partial charge in [0, 0.05) is 18.4 Å². The molecule has 20 heavy (non-hydrogen) atoms. The highest BCUT2D eigenvalue weighted by molar-refractivity contribution is 9.09. The van der Waals surface area contributed by atoms with Gasteiger partial charge in [-0.1, -0.05) is 28.1 Å². The van der Waals surface area contributed by atoms with E-state index in [4.69, 9.17) is 9.47 Å². The van der Waals surface area contributed by atoms with Crippen molar-refractivity contribution in [1.29, 1.82) is 0 Å². The average molecular weight is 342 g/mol. The van der Waals surface area contributed by atoms with E-state index in [1.807, 2.05) is 43.0 Å². The van der Waals surface area contributed by atoms with Gasteiger partial charge in [-0.25, -0.2) is 0 Å². The van der Waals surface area contributed by atoms with Crippen molar-refractivity contribution >= 4 is 21.8 Å². The number of amides is 1. The Morgan fingerprint density at radius 3 is 2.90 bits per heavy atom. The van der Waals surface area contributed by atoms with Crippen LogP contribution in [0.5, 0.6) is 5.75 Å². The minimum Gasteiger partial charge on any atom is -0.493 e. The lowest BCUT2D eigenvalue weighted by Crippen LogP contribution is -2.49. The molecule has 1 fully saturated rings. The summed E-state index contributed by atoms with van der Waals surface area (Å²) in [6.07, 6.45) is 0.0939. The molecule has 110 valence electrons. The summed E-state index contributed by atoms with van der Waals surface area (Å²) in [5.74, 6) is 0.657. The molecule has 1 amide bonds. The van der Waals surface area contributed by atoms with Crippen LogP contribution in [0.3, 0.4) is 0 Å². The second kappa shape index (κ2) is 7.09. The summed E-state index contributed by atoms with van der Waals surface area (Å²) in [6.45, 7) is 5.67. The quantitative estimate of drug-likeness (QED) is 0.790. The van der Waals surface area contributed by atoms with E-state index in [2.05, 4.69) is 15.9 Å². The number of alkyl halides is 1. The number of morpholine rings is 1. The zero-order valence-electron chi connectivity index (χ0n) is 11.8. The summed E-state index contributed by atoms with van der Waals surface area (Å²) in [7, 11) is 0. The smallest absolute Gasteiger partial charge is 0.257 e. The van der Waals surface area contributed by atoms with Gasteiger partial charge in [-0.15, -0.1) is 0 Å². The van der Waals surface area contributed by atoms with Gasteiger partial charge in [-0.3, -0.25) is 4.79 Å². The second-order valence-corrected chi connectivity index (χ2v) is 5.51. The Labute approximate surface area is 128 Å². The number of ether oxygens (including phenoxy) is 2. The normalized spacial score (nSPS) is 22.6. The first kappa shape index (κ1) is 15.3. The fourth-order valence-electron chi connectivity index (χ4n) is 2.39. The SMILES string of the molecule is CCOc1ccccc1C(=O)N1CC(C)OC(CBr)C1. The van der Waals surface area contributed by atoms with Crippen LogP contribution in [-0.2, 0) is 4.74 Å². The van der Waals surface area contributed by atoms with Crippen molar-refractivity contribution in [3.63, 3.8) is 0 Å². The van der Waals surface area contributed by atoms with Crippen molar-refractivity contribution in [2.45, 2.75) is 26.1 Å². The number of hydrogen-bond donors (Lipinski definition) is 0. The summed E-state index contributed by atoms with van der Waals surface area (Å²) in [4.78, 5) is 14.5. The Bertz CT molecular complexity index is 466. The largest absolute Gasteiger partial charge is 0.493 e. The van der Waals surface area contributed by atoms with Crippen LogP contribution in [0.2, 0.25) is 0 Å². The van der Waals surface area contributed by atoms with Crippen molar-refractivity contribution in [2.24, 2.45) is 0 Å². The van der Waals surface area contributed by atoms with Crippen LogP contribution in [-0.4, -0.2) is 48.0 Å². The summed E-state index contributed by atoms with van der Waals surface area (Å²) < 4.78 is 11.3. The second-order valence-electron chi connectivity index (χ2n) is 4.86. The Kier molecular flexibility index (Phi) is 5.43. The van der Waals surface area contributed by atoms with Crippen molar-refractivity contribution in [1.82, 2.24) is 4.90 Å². The standard InChI is InChI=1S/C15H20BrNO3/c1-3-19-14-7-5-4-6-13(14)15(18)17-9-11(2)20-12(8-16)10-17/h4-7,11-12H,3,8-10H2,1-2H3. The van der Waals surface area contributed by atoms with Crippen molar-refractivity contribution in [3.05, 3.63) is 29.8 Å². The van der Waals surface area contributed by atoms with Crippen LogP contribution in [0.1, 0.15) is 24.2 Å². The van der Waals surface area contributed by atoms with E-state index in [0.29, 0.717) is 31.0 Å². The number of carbonyl (C=O) groups is 1. The number of halogens is 1. The number of rotatable bonds is 4. The maximum absolute atomic E-state index is 12.7. The predicted molar refractivity (Wildman–Crippen MR) is 81.6 cm³/mol. The zero-order valence-corrected chi connectivity index (χ0v) is 13.4. The van der Waals surface area contributed by atoms with Gasteiger partial charge < -0.3 is 14.4 Å². The highest BCUT2D eigenvalue weighted by Crippen LogP contribution is 2.22. The van der Waals surface area contributed by atoms with Crippen molar-refractivity contribution in [2.75, 3.05) is 25.0 Å². The molecule has 0 bridgehead atoms. The molecule has 1 aromatic carbocycles. The molecule has 4 nitrogen and oxygen atoms in total. The van der Waals surface area contributed by atoms with Crippen LogP contribution < -0.4 is 4.74 Å². The number of benzene rings is 1. The molecule has 1 aromatic rings. The molecule has 0 aromatic heterocycles. The van der Waals surface area contributed by atoms with E-state index in [1.165, 1.54) is 0 Å². The van der Waals surface area contributed by atoms with E-state index in [1.54, 1.807) is 0 Å². The van der Waals surface area contributed by atoms with Crippen molar-refractivity contribution < 1.29 is 14.3 Å². The van der Waals surface area contributed by atoms with E-state index in [9.17, 15) is 4.79 Å². The number of para-hydroxylation sites is 1. The van der Waals surface area contributed by atoms with Gasteiger partial charge in [0.25, 0.3) is 5.91 Å². The Hall–Kier alpha value is -1.07. The molecular weight excluding hydrogens is 322 g/mol. The molecule has 0 saturated carbocycles. The first-order valence-corrected chi connectivity index (χ1v) is 8.00. The van der Waals surface area contributed by atoms with Crippen LogP contribution >= 0.6 is 15.9 Å². The fourth-order valence-corrected chi connectivity index (χ4v) is 2.75. The lowest BCUT2D eigenvalue weighted by atomic mass is 10.1. The molecule has 2 rings (SSSR count). The molecule has 1 saturated heterocycles. The molecule has 0 radical (unpaired) electrons. The molecule has 0 spiro atoms. The molecule has 2 atom stereocenters. The predicted octanol–water partition coefficient (Wildman–Crippen LogP) is 2.71. The minimum atomic E-state index is 0.00940.